The van der Waals surface area contributed by atoms with Crippen molar-refractivity contribution < 1.29 is 25.8 Å². The SMILES string of the molecule is [CH2-]C(C1=CC=CC1)C1=CC=CC1.[Hf]. The first-order valence-corrected chi connectivity index (χ1v) is 4.42. The van der Waals surface area contributed by atoms with E-state index in [1.807, 2.05) is 0 Å². The molecule has 0 heterocycles. The number of allylic oxidation sites excluding steroid dienone is 8. The van der Waals surface area contributed by atoms with Gasteiger partial charge in [0.1, 0.15) is 0 Å². The second-order valence-corrected chi connectivity index (χ2v) is 3.30. The minimum absolute atomic E-state index is 0. The van der Waals surface area contributed by atoms with E-state index in [-0.39, 0.29) is 25.8 Å². The van der Waals surface area contributed by atoms with Gasteiger partial charge in [-0.2, -0.15) is 0 Å². The summed E-state index contributed by atoms with van der Waals surface area (Å²) >= 11 is 0. The minimum atomic E-state index is 0. The first-order chi connectivity index (χ1) is 5.88. The average molecular weight is 336 g/mol. The van der Waals surface area contributed by atoms with Crippen LogP contribution in [0.4, 0.5) is 0 Å². The normalized spacial score (nSPS) is 18.9. The van der Waals surface area contributed by atoms with E-state index in [1.165, 1.54) is 11.1 Å². The van der Waals surface area contributed by atoms with E-state index in [2.05, 4.69) is 43.4 Å². The minimum Gasteiger partial charge on any atom is -0.332 e. The molecule has 0 saturated carbocycles. The Labute approximate surface area is 98.9 Å². The zero-order valence-corrected chi connectivity index (χ0v) is 11.3. The van der Waals surface area contributed by atoms with Crippen LogP contribution in [0.5, 0.6) is 0 Å². The first-order valence-electron chi connectivity index (χ1n) is 4.42. The van der Waals surface area contributed by atoms with Gasteiger partial charge in [-0.25, -0.2) is 0 Å². The summed E-state index contributed by atoms with van der Waals surface area (Å²) < 4.78 is 0. The molecular weight excluding hydrogens is 323 g/mol. The molecule has 1 heteroatoms. The average Bonchev–Trinajstić information content (AvgIpc) is 2.77. The van der Waals surface area contributed by atoms with Crippen LogP contribution < -0.4 is 0 Å². The van der Waals surface area contributed by atoms with Crippen molar-refractivity contribution in [2.24, 2.45) is 5.92 Å². The molecule has 0 aromatic heterocycles. The van der Waals surface area contributed by atoms with Gasteiger partial charge in [-0.3, -0.25) is 0 Å². The molecule has 0 nitrogen and oxygen atoms in total. The second kappa shape index (κ2) is 4.90. The molecule has 0 aromatic rings. The maximum Gasteiger partial charge on any atom is 0 e. The largest absolute Gasteiger partial charge is 0.332 e. The van der Waals surface area contributed by atoms with Crippen LogP contribution >= 0.6 is 0 Å². The van der Waals surface area contributed by atoms with E-state index >= 15 is 0 Å². The molecule has 0 fully saturated rings. The Morgan fingerprint density at radius 3 is 1.77 bits per heavy atom. The standard InChI is InChI=1S/C12H13.Hf/c1-10(11-6-2-3-7-11)12-8-4-5-9-12;/h2-6,8,10H,1,7,9H2;/q-1;. The number of rotatable bonds is 2. The van der Waals surface area contributed by atoms with Crippen LogP contribution in [0.25, 0.3) is 0 Å². The summed E-state index contributed by atoms with van der Waals surface area (Å²) in [5.74, 6) is 0.398. The van der Waals surface area contributed by atoms with Crippen LogP contribution in [-0.4, -0.2) is 0 Å². The Morgan fingerprint density at radius 1 is 1.00 bits per heavy atom. The maximum atomic E-state index is 4.19. The van der Waals surface area contributed by atoms with Gasteiger partial charge < -0.3 is 6.92 Å². The summed E-state index contributed by atoms with van der Waals surface area (Å²) in [6, 6.07) is 0. The van der Waals surface area contributed by atoms with Gasteiger partial charge in [0.05, 0.1) is 0 Å². The molecule has 0 unspecified atom stereocenters. The molecule has 0 aromatic carbocycles. The van der Waals surface area contributed by atoms with E-state index in [0.29, 0.717) is 5.92 Å². The van der Waals surface area contributed by atoms with Crippen molar-refractivity contribution in [2.45, 2.75) is 12.8 Å². The molecule has 0 aliphatic heterocycles. The second-order valence-electron chi connectivity index (χ2n) is 3.30. The smallest absolute Gasteiger partial charge is 0 e. The summed E-state index contributed by atoms with van der Waals surface area (Å²) in [5.41, 5.74) is 2.90. The molecule has 0 N–H and O–H groups in total. The van der Waals surface area contributed by atoms with E-state index in [9.17, 15) is 0 Å². The molecular formula is C12H13Hf-. The molecule has 0 spiro atoms. The van der Waals surface area contributed by atoms with Crippen LogP contribution in [-0.2, 0) is 25.8 Å². The zero-order chi connectivity index (χ0) is 8.39. The third-order valence-corrected chi connectivity index (χ3v) is 2.50. The van der Waals surface area contributed by atoms with Crippen molar-refractivity contribution in [3.05, 3.63) is 54.5 Å². The van der Waals surface area contributed by atoms with E-state index in [4.69, 9.17) is 0 Å². The maximum absolute atomic E-state index is 4.19. The van der Waals surface area contributed by atoms with Crippen molar-refractivity contribution in [1.82, 2.24) is 0 Å². The van der Waals surface area contributed by atoms with E-state index < -0.39 is 0 Å². The molecule has 0 bridgehead atoms. The van der Waals surface area contributed by atoms with Gasteiger partial charge in [0.2, 0.25) is 0 Å². The fourth-order valence-electron chi connectivity index (χ4n) is 1.68. The summed E-state index contributed by atoms with van der Waals surface area (Å²) in [5, 5.41) is 0. The third-order valence-electron chi connectivity index (χ3n) is 2.50. The van der Waals surface area contributed by atoms with Crippen molar-refractivity contribution >= 4 is 0 Å². The van der Waals surface area contributed by atoms with Crippen LogP contribution in [0.1, 0.15) is 12.8 Å². The summed E-state index contributed by atoms with van der Waals surface area (Å²) in [6.07, 6.45) is 15.2. The summed E-state index contributed by atoms with van der Waals surface area (Å²) in [6.45, 7) is 4.19. The van der Waals surface area contributed by atoms with E-state index in [0.717, 1.165) is 12.8 Å². The van der Waals surface area contributed by atoms with Crippen LogP contribution in [0.3, 0.4) is 0 Å². The fraction of sp³-hybridized carbons (Fsp3) is 0.250. The van der Waals surface area contributed by atoms with Gasteiger partial charge in [-0.05, 0) is 12.8 Å². The molecule has 0 radical (unpaired) electrons. The monoisotopic (exact) mass is 337 g/mol. The summed E-state index contributed by atoms with van der Waals surface area (Å²) in [4.78, 5) is 0. The molecule has 13 heavy (non-hydrogen) atoms. The predicted octanol–water partition coefficient (Wildman–Crippen LogP) is 3.21. The Bertz CT molecular complexity index is 262. The topological polar surface area (TPSA) is 0 Å². The van der Waals surface area contributed by atoms with Gasteiger partial charge in [0.15, 0.2) is 0 Å². The van der Waals surface area contributed by atoms with Crippen molar-refractivity contribution in [2.75, 3.05) is 0 Å². The van der Waals surface area contributed by atoms with Crippen LogP contribution in [0.15, 0.2) is 47.6 Å². The Morgan fingerprint density at radius 2 is 1.46 bits per heavy atom. The molecule has 0 atom stereocenters. The Kier molecular flexibility index (Phi) is 4.11. The van der Waals surface area contributed by atoms with Crippen molar-refractivity contribution in [1.29, 1.82) is 0 Å². The molecule has 2 rings (SSSR count). The van der Waals surface area contributed by atoms with Gasteiger partial charge in [0, 0.05) is 25.8 Å². The van der Waals surface area contributed by atoms with Gasteiger partial charge >= 0.3 is 0 Å². The molecule has 2 aliphatic rings. The molecule has 0 saturated heterocycles. The predicted molar refractivity (Wildman–Crippen MR) is 52.5 cm³/mol. The Hall–Kier alpha value is -0.170. The van der Waals surface area contributed by atoms with Crippen LogP contribution in [0, 0.1) is 12.8 Å². The Balaban J connectivity index is 0.000000845. The molecule has 66 valence electrons. The van der Waals surface area contributed by atoms with E-state index in [1.54, 1.807) is 0 Å². The molecule has 2 aliphatic carbocycles. The van der Waals surface area contributed by atoms with Crippen molar-refractivity contribution in [3.8, 4) is 0 Å². The van der Waals surface area contributed by atoms with Crippen LogP contribution in [0.2, 0.25) is 0 Å². The van der Waals surface area contributed by atoms with Gasteiger partial charge in [-0.15, -0.1) is 5.92 Å². The first kappa shape index (κ1) is 10.9. The zero-order valence-electron chi connectivity index (χ0n) is 7.66. The fourth-order valence-corrected chi connectivity index (χ4v) is 1.68. The van der Waals surface area contributed by atoms with Crippen molar-refractivity contribution in [3.63, 3.8) is 0 Å². The number of hydrogen-bond donors (Lipinski definition) is 0. The summed E-state index contributed by atoms with van der Waals surface area (Å²) in [7, 11) is 0. The third kappa shape index (κ3) is 2.40. The molecule has 0 amide bonds. The number of hydrogen-bond acceptors (Lipinski definition) is 0. The quantitative estimate of drug-likeness (QED) is 0.537. The van der Waals surface area contributed by atoms with Gasteiger partial charge in [-0.1, -0.05) is 47.6 Å². The van der Waals surface area contributed by atoms with Gasteiger partial charge in [0.25, 0.3) is 0 Å².